The van der Waals surface area contributed by atoms with Gasteiger partial charge in [-0.15, -0.1) is 0 Å². The predicted octanol–water partition coefficient (Wildman–Crippen LogP) is 5.19. The number of pyridine rings is 1. The minimum absolute atomic E-state index is 0.224. The van der Waals surface area contributed by atoms with E-state index < -0.39 is 17.7 Å². The Bertz CT molecular complexity index is 1190. The molecule has 1 aliphatic rings. The number of aryl methyl sites for hydroxylation is 1. The number of piperazine rings is 1. The third-order valence-electron chi connectivity index (χ3n) is 6.56. The van der Waals surface area contributed by atoms with Crippen LogP contribution in [0.3, 0.4) is 0 Å². The number of hydrogen-bond donors (Lipinski definition) is 2. The van der Waals surface area contributed by atoms with Crippen LogP contribution < -0.4 is 10.6 Å². The molecular formula is C27H29F3N4O2. The molecule has 1 saturated heterocycles. The molecule has 2 heterocycles. The number of unbranched alkanes of at least 4 members (excludes halogenated alkanes) is 1. The molecule has 0 unspecified atom stereocenters. The van der Waals surface area contributed by atoms with E-state index in [-0.39, 0.29) is 5.56 Å². The number of carbonyl (C=O) groups is 1. The highest BCUT2D eigenvalue weighted by atomic mass is 19.4. The van der Waals surface area contributed by atoms with Gasteiger partial charge in [0.15, 0.2) is 0 Å². The van der Waals surface area contributed by atoms with Crippen LogP contribution in [0.15, 0.2) is 60.8 Å². The summed E-state index contributed by atoms with van der Waals surface area (Å²) in [5.74, 6) is -0.970. The van der Waals surface area contributed by atoms with Crippen molar-refractivity contribution in [2.75, 3.05) is 43.4 Å². The lowest BCUT2D eigenvalue weighted by Crippen LogP contribution is -2.46. The van der Waals surface area contributed by atoms with E-state index in [2.05, 4.69) is 9.88 Å². The second-order valence-electron chi connectivity index (χ2n) is 8.94. The highest BCUT2D eigenvalue weighted by Gasteiger charge is 2.31. The number of halogens is 3. The van der Waals surface area contributed by atoms with Crippen molar-refractivity contribution < 1.29 is 23.1 Å². The Balaban J connectivity index is 1.25. The van der Waals surface area contributed by atoms with Crippen LogP contribution in [-0.4, -0.2) is 53.7 Å². The number of anilines is 2. The molecular weight excluding hydrogens is 469 g/mol. The molecule has 190 valence electrons. The Morgan fingerprint density at radius 3 is 2.39 bits per heavy atom. The minimum atomic E-state index is -4.33. The van der Waals surface area contributed by atoms with Gasteiger partial charge in [-0.25, -0.2) is 4.79 Å². The van der Waals surface area contributed by atoms with Crippen LogP contribution in [0.1, 0.15) is 34.5 Å². The zero-order valence-electron chi connectivity index (χ0n) is 19.8. The number of nitrogen functional groups attached to an aromatic ring is 1. The molecule has 0 amide bonds. The van der Waals surface area contributed by atoms with E-state index in [1.807, 2.05) is 11.0 Å². The van der Waals surface area contributed by atoms with E-state index in [1.165, 1.54) is 12.1 Å². The maximum Gasteiger partial charge on any atom is 0.416 e. The summed E-state index contributed by atoms with van der Waals surface area (Å²) in [7, 11) is 0. The molecule has 1 fully saturated rings. The molecule has 2 aromatic carbocycles. The normalized spacial score (nSPS) is 14.7. The lowest BCUT2D eigenvalue weighted by Gasteiger charge is -2.36. The summed E-state index contributed by atoms with van der Waals surface area (Å²) in [4.78, 5) is 19.9. The van der Waals surface area contributed by atoms with Crippen molar-refractivity contribution in [3.8, 4) is 11.1 Å². The smallest absolute Gasteiger partial charge is 0.416 e. The van der Waals surface area contributed by atoms with E-state index in [1.54, 1.807) is 36.5 Å². The molecule has 0 aliphatic carbocycles. The molecule has 3 N–H and O–H groups in total. The van der Waals surface area contributed by atoms with E-state index in [9.17, 15) is 18.0 Å². The van der Waals surface area contributed by atoms with Gasteiger partial charge in [0.1, 0.15) is 0 Å². The Morgan fingerprint density at radius 1 is 1.00 bits per heavy atom. The molecule has 1 aliphatic heterocycles. The molecule has 3 aromatic rings. The van der Waals surface area contributed by atoms with Gasteiger partial charge in [-0.05, 0) is 67.8 Å². The molecule has 0 spiro atoms. The minimum Gasteiger partial charge on any atom is -0.478 e. The SMILES string of the molecule is Nc1c(-c2ccc(C(=O)O)cc2)ccnc1CCCCN1CCN(c2cccc(C(F)(F)F)c2)CC1. The van der Waals surface area contributed by atoms with Gasteiger partial charge in [0.25, 0.3) is 0 Å². The van der Waals surface area contributed by atoms with E-state index in [0.29, 0.717) is 24.5 Å². The number of hydrogen-bond acceptors (Lipinski definition) is 5. The number of aromatic nitrogens is 1. The Labute approximate surface area is 208 Å². The van der Waals surface area contributed by atoms with Crippen LogP contribution in [-0.2, 0) is 12.6 Å². The highest BCUT2D eigenvalue weighted by Crippen LogP contribution is 2.32. The first-order valence-corrected chi connectivity index (χ1v) is 11.9. The van der Waals surface area contributed by atoms with E-state index >= 15 is 0 Å². The fourth-order valence-electron chi connectivity index (χ4n) is 4.50. The van der Waals surface area contributed by atoms with Gasteiger partial charge in [-0.1, -0.05) is 18.2 Å². The summed E-state index contributed by atoms with van der Waals surface area (Å²) in [6.07, 6.45) is -0.00847. The van der Waals surface area contributed by atoms with Crippen LogP contribution >= 0.6 is 0 Å². The van der Waals surface area contributed by atoms with Crippen LogP contribution in [0.2, 0.25) is 0 Å². The summed E-state index contributed by atoms with van der Waals surface area (Å²) in [5, 5.41) is 9.08. The number of nitrogens with two attached hydrogens (primary N) is 1. The fraction of sp³-hybridized carbons (Fsp3) is 0.333. The summed E-state index contributed by atoms with van der Waals surface area (Å²) in [6.45, 7) is 3.90. The molecule has 1 aromatic heterocycles. The number of carboxylic acids is 1. The van der Waals surface area contributed by atoms with Crippen LogP contribution in [0.5, 0.6) is 0 Å². The lowest BCUT2D eigenvalue weighted by atomic mass is 10.0. The fourth-order valence-corrected chi connectivity index (χ4v) is 4.50. The zero-order chi connectivity index (χ0) is 25.7. The number of alkyl halides is 3. The number of benzene rings is 2. The van der Waals surface area contributed by atoms with Crippen molar-refractivity contribution in [2.24, 2.45) is 0 Å². The molecule has 0 bridgehead atoms. The van der Waals surface area contributed by atoms with Crippen LogP contribution in [0.4, 0.5) is 24.5 Å². The first-order valence-electron chi connectivity index (χ1n) is 11.9. The first-order chi connectivity index (χ1) is 17.2. The summed E-state index contributed by atoms with van der Waals surface area (Å²) < 4.78 is 39.0. The third kappa shape index (κ3) is 6.15. The molecule has 6 nitrogen and oxygen atoms in total. The van der Waals surface area contributed by atoms with Gasteiger partial charge in [0, 0.05) is 43.6 Å². The van der Waals surface area contributed by atoms with Gasteiger partial charge >= 0.3 is 12.1 Å². The Hall–Kier alpha value is -3.59. The highest BCUT2D eigenvalue weighted by molar-refractivity contribution is 5.89. The van der Waals surface area contributed by atoms with Crippen LogP contribution in [0, 0.1) is 0 Å². The summed E-state index contributed by atoms with van der Waals surface area (Å²) in [6, 6.07) is 14.0. The van der Waals surface area contributed by atoms with Gasteiger partial charge in [0.05, 0.1) is 22.5 Å². The molecule has 36 heavy (non-hydrogen) atoms. The molecule has 4 rings (SSSR count). The quantitative estimate of drug-likeness (QED) is 0.416. The number of aromatic carboxylic acids is 1. The van der Waals surface area contributed by atoms with E-state index in [0.717, 1.165) is 61.8 Å². The second-order valence-corrected chi connectivity index (χ2v) is 8.94. The largest absolute Gasteiger partial charge is 0.478 e. The van der Waals surface area contributed by atoms with Gasteiger partial charge in [-0.3, -0.25) is 9.88 Å². The molecule has 0 atom stereocenters. The van der Waals surface area contributed by atoms with Crippen molar-refractivity contribution in [2.45, 2.75) is 25.4 Å². The number of nitrogens with zero attached hydrogens (tertiary/aromatic N) is 3. The number of rotatable bonds is 8. The zero-order valence-corrected chi connectivity index (χ0v) is 19.8. The van der Waals surface area contributed by atoms with Crippen molar-refractivity contribution >= 4 is 17.3 Å². The van der Waals surface area contributed by atoms with Crippen molar-refractivity contribution in [1.82, 2.24) is 9.88 Å². The molecule has 0 saturated carbocycles. The van der Waals surface area contributed by atoms with Gasteiger partial charge < -0.3 is 15.7 Å². The Morgan fingerprint density at radius 2 is 1.72 bits per heavy atom. The lowest BCUT2D eigenvalue weighted by molar-refractivity contribution is -0.137. The number of carboxylic acid groups (broad SMARTS) is 1. The van der Waals surface area contributed by atoms with Crippen molar-refractivity contribution in [3.05, 3.63) is 77.6 Å². The second kappa shape index (κ2) is 11.0. The predicted molar refractivity (Wildman–Crippen MR) is 134 cm³/mol. The average molecular weight is 499 g/mol. The Kier molecular flexibility index (Phi) is 7.79. The third-order valence-corrected chi connectivity index (χ3v) is 6.56. The standard InChI is InChI=1S/C27H29F3N4O2/c28-27(29,30)21-4-3-5-22(18-21)34-16-14-33(15-17-34)13-2-1-6-24-25(31)23(11-12-32-24)19-7-9-20(10-8-19)26(35)36/h3-5,7-12,18H,1-2,6,13-17,31H2,(H,35,36). The average Bonchev–Trinajstić information content (AvgIpc) is 2.87. The van der Waals surface area contributed by atoms with E-state index in [4.69, 9.17) is 10.8 Å². The van der Waals surface area contributed by atoms with Crippen molar-refractivity contribution in [3.63, 3.8) is 0 Å². The summed E-state index contributed by atoms with van der Waals surface area (Å²) >= 11 is 0. The molecule has 9 heteroatoms. The molecule has 0 radical (unpaired) electrons. The topological polar surface area (TPSA) is 82.7 Å². The van der Waals surface area contributed by atoms with Gasteiger partial charge in [0.2, 0.25) is 0 Å². The monoisotopic (exact) mass is 498 g/mol. The summed E-state index contributed by atoms with van der Waals surface area (Å²) in [5.41, 5.74) is 9.72. The van der Waals surface area contributed by atoms with Crippen molar-refractivity contribution in [1.29, 1.82) is 0 Å². The maximum atomic E-state index is 13.0. The van der Waals surface area contributed by atoms with Crippen LogP contribution in [0.25, 0.3) is 11.1 Å². The maximum absolute atomic E-state index is 13.0. The first kappa shape index (κ1) is 25.5. The van der Waals surface area contributed by atoms with Gasteiger partial charge in [-0.2, -0.15) is 13.2 Å².